The van der Waals surface area contributed by atoms with Gasteiger partial charge in [-0.05, 0) is 54.9 Å². The Morgan fingerprint density at radius 3 is 2.72 bits per heavy atom. The molecule has 4 nitrogen and oxygen atoms in total. The van der Waals surface area contributed by atoms with Crippen molar-refractivity contribution in [2.45, 2.75) is 31.7 Å². The van der Waals surface area contributed by atoms with E-state index in [0.29, 0.717) is 6.04 Å². The van der Waals surface area contributed by atoms with Gasteiger partial charge in [-0.3, -0.25) is 16.0 Å². The highest BCUT2D eigenvalue weighted by molar-refractivity contribution is 5.17. The molecule has 18 heavy (non-hydrogen) atoms. The maximum atomic E-state index is 5.80. The van der Waals surface area contributed by atoms with Crippen LogP contribution in [0.15, 0.2) is 12.3 Å². The second kappa shape index (κ2) is 3.81. The molecule has 1 aromatic heterocycles. The number of fused-ring (bicyclic) bond motifs is 5. The van der Waals surface area contributed by atoms with Crippen molar-refractivity contribution in [1.82, 2.24) is 15.2 Å². The van der Waals surface area contributed by atoms with Gasteiger partial charge in [-0.2, -0.15) is 5.10 Å². The number of nitrogens with two attached hydrogens (primary N) is 1. The van der Waals surface area contributed by atoms with Crippen LogP contribution < -0.4 is 11.3 Å². The minimum absolute atomic E-state index is 0.429. The summed E-state index contributed by atoms with van der Waals surface area (Å²) in [5, 5.41) is 4.48. The van der Waals surface area contributed by atoms with Crippen molar-refractivity contribution in [2.24, 2.45) is 42.5 Å². The van der Waals surface area contributed by atoms with Crippen LogP contribution in [0.5, 0.6) is 0 Å². The third-order valence-corrected chi connectivity index (χ3v) is 5.67. The molecule has 1 aromatic rings. The number of aromatic nitrogens is 2. The Morgan fingerprint density at radius 2 is 2.17 bits per heavy atom. The molecule has 3 N–H and O–H groups in total. The van der Waals surface area contributed by atoms with E-state index in [1.54, 1.807) is 0 Å². The molecular formula is C14H22N4. The summed E-state index contributed by atoms with van der Waals surface area (Å²) >= 11 is 0. The van der Waals surface area contributed by atoms with E-state index in [1.807, 2.05) is 17.9 Å². The molecule has 0 radical (unpaired) electrons. The van der Waals surface area contributed by atoms with Crippen LogP contribution in [0.3, 0.4) is 0 Å². The zero-order valence-electron chi connectivity index (χ0n) is 10.9. The molecule has 4 heteroatoms. The van der Waals surface area contributed by atoms with Crippen molar-refractivity contribution < 1.29 is 0 Å². The summed E-state index contributed by atoms with van der Waals surface area (Å²) in [7, 11) is 1.97. The molecule has 0 spiro atoms. The molecule has 2 bridgehead atoms. The van der Waals surface area contributed by atoms with Gasteiger partial charge in [0.15, 0.2) is 0 Å². The van der Waals surface area contributed by atoms with Crippen LogP contribution >= 0.6 is 0 Å². The summed E-state index contributed by atoms with van der Waals surface area (Å²) in [5.41, 5.74) is 4.23. The second-order valence-corrected chi connectivity index (χ2v) is 6.52. The number of aryl methyl sites for hydroxylation is 1. The van der Waals surface area contributed by atoms with Crippen LogP contribution in [0, 0.1) is 29.6 Å². The fourth-order valence-electron chi connectivity index (χ4n) is 5.03. The molecule has 3 aliphatic rings. The number of nitrogens with zero attached hydrogens (tertiary/aromatic N) is 2. The Kier molecular flexibility index (Phi) is 2.33. The molecule has 0 aromatic carbocycles. The van der Waals surface area contributed by atoms with E-state index in [4.69, 9.17) is 5.84 Å². The largest absolute Gasteiger partial charge is 0.276 e. The lowest BCUT2D eigenvalue weighted by atomic mass is 9.95. The van der Waals surface area contributed by atoms with Crippen LogP contribution in [0.4, 0.5) is 0 Å². The van der Waals surface area contributed by atoms with E-state index in [1.165, 1.54) is 19.3 Å². The minimum Gasteiger partial charge on any atom is -0.276 e. The first-order valence-corrected chi connectivity index (χ1v) is 7.22. The van der Waals surface area contributed by atoms with Gasteiger partial charge in [0.1, 0.15) is 0 Å². The third kappa shape index (κ3) is 1.48. The van der Waals surface area contributed by atoms with Crippen LogP contribution in [0.2, 0.25) is 0 Å². The Labute approximate surface area is 108 Å². The number of hydrazine groups is 1. The maximum absolute atomic E-state index is 5.80. The summed E-state index contributed by atoms with van der Waals surface area (Å²) in [5.74, 6) is 10.6. The highest BCUT2D eigenvalue weighted by Gasteiger charge is 2.66. The maximum Gasteiger partial charge on any atom is 0.0640 e. The van der Waals surface area contributed by atoms with Gasteiger partial charge < -0.3 is 0 Å². The average molecular weight is 246 g/mol. The molecule has 1 heterocycles. The summed E-state index contributed by atoms with van der Waals surface area (Å²) < 4.78 is 1.88. The monoisotopic (exact) mass is 246 g/mol. The summed E-state index contributed by atoms with van der Waals surface area (Å²) in [6, 6.07) is 2.54. The molecule has 3 fully saturated rings. The van der Waals surface area contributed by atoms with Gasteiger partial charge in [-0.15, -0.1) is 0 Å². The first-order valence-electron chi connectivity index (χ1n) is 7.22. The highest BCUT2D eigenvalue weighted by Crippen LogP contribution is 2.70. The normalized spacial score (nSPS) is 42.0. The number of hydrogen-bond donors (Lipinski definition) is 2. The number of nitrogens with one attached hydrogen (secondary N) is 1. The third-order valence-electron chi connectivity index (χ3n) is 5.67. The Morgan fingerprint density at radius 1 is 1.44 bits per heavy atom. The van der Waals surface area contributed by atoms with Crippen molar-refractivity contribution in [3.05, 3.63) is 18.0 Å². The van der Waals surface area contributed by atoms with E-state index in [0.717, 1.165) is 41.7 Å². The Bertz CT molecular complexity index is 438. The summed E-state index contributed by atoms with van der Waals surface area (Å²) in [6.45, 7) is 0. The first-order chi connectivity index (χ1) is 8.78. The predicted octanol–water partition coefficient (Wildman–Crippen LogP) is 1.09. The number of rotatable bonds is 4. The first kappa shape index (κ1) is 11.0. The minimum atomic E-state index is 0.429. The fourth-order valence-corrected chi connectivity index (χ4v) is 5.03. The topological polar surface area (TPSA) is 55.9 Å². The van der Waals surface area contributed by atoms with E-state index >= 15 is 0 Å². The summed E-state index contributed by atoms with van der Waals surface area (Å²) in [6.07, 6.45) is 7.45. The van der Waals surface area contributed by atoms with Crippen molar-refractivity contribution in [1.29, 1.82) is 0 Å². The molecule has 5 unspecified atom stereocenters. The lowest BCUT2D eigenvalue weighted by molar-refractivity contribution is 0.362. The van der Waals surface area contributed by atoms with E-state index in [2.05, 4.69) is 16.6 Å². The average Bonchev–Trinajstić information content (AvgIpc) is 2.71. The van der Waals surface area contributed by atoms with Gasteiger partial charge >= 0.3 is 0 Å². The van der Waals surface area contributed by atoms with Crippen molar-refractivity contribution >= 4 is 0 Å². The highest BCUT2D eigenvalue weighted by atomic mass is 15.3. The molecule has 0 saturated heterocycles. The van der Waals surface area contributed by atoms with Crippen LogP contribution in [-0.4, -0.2) is 15.8 Å². The number of hydrogen-bond acceptors (Lipinski definition) is 3. The Hall–Kier alpha value is -0.870. The molecule has 3 saturated carbocycles. The fraction of sp³-hybridized carbons (Fsp3) is 0.786. The van der Waals surface area contributed by atoms with Gasteiger partial charge in [0.25, 0.3) is 0 Å². The molecule has 0 aliphatic heterocycles. The van der Waals surface area contributed by atoms with Crippen molar-refractivity contribution in [3.63, 3.8) is 0 Å². The van der Waals surface area contributed by atoms with Crippen molar-refractivity contribution in [3.8, 4) is 0 Å². The van der Waals surface area contributed by atoms with Crippen molar-refractivity contribution in [2.75, 3.05) is 0 Å². The van der Waals surface area contributed by atoms with E-state index in [-0.39, 0.29) is 0 Å². The molecule has 3 aliphatic carbocycles. The quantitative estimate of drug-likeness (QED) is 0.617. The van der Waals surface area contributed by atoms with Crippen LogP contribution in [-0.2, 0) is 13.5 Å². The smallest absolute Gasteiger partial charge is 0.0640 e. The zero-order valence-corrected chi connectivity index (χ0v) is 10.9. The lowest BCUT2D eigenvalue weighted by Crippen LogP contribution is -2.40. The molecule has 5 atom stereocenters. The van der Waals surface area contributed by atoms with Gasteiger partial charge in [-0.1, -0.05) is 0 Å². The van der Waals surface area contributed by atoms with Gasteiger partial charge in [-0.25, -0.2) is 0 Å². The van der Waals surface area contributed by atoms with Gasteiger partial charge in [0.2, 0.25) is 0 Å². The van der Waals surface area contributed by atoms with Gasteiger partial charge in [0.05, 0.1) is 5.69 Å². The molecule has 4 rings (SSSR count). The van der Waals surface area contributed by atoms with E-state index in [9.17, 15) is 0 Å². The summed E-state index contributed by atoms with van der Waals surface area (Å²) in [4.78, 5) is 0. The van der Waals surface area contributed by atoms with Crippen LogP contribution in [0.25, 0.3) is 0 Å². The molecule has 0 amide bonds. The van der Waals surface area contributed by atoms with Gasteiger partial charge in [0, 0.05) is 25.7 Å². The predicted molar refractivity (Wildman–Crippen MR) is 69.3 cm³/mol. The van der Waals surface area contributed by atoms with E-state index < -0.39 is 0 Å². The van der Waals surface area contributed by atoms with Crippen LogP contribution in [0.1, 0.15) is 25.0 Å². The molecular weight excluding hydrogens is 224 g/mol. The standard InChI is InChI=1S/C14H22N4/c1-18-5-4-10(17-18)7-11(16-15)14-12-8-2-3-9(6-8)13(12)14/h4-5,8-9,11-14,16H,2-3,6-7,15H2,1H3. The zero-order chi connectivity index (χ0) is 12.3. The molecule has 98 valence electrons. The lowest BCUT2D eigenvalue weighted by Gasteiger charge is -2.18. The second-order valence-electron chi connectivity index (χ2n) is 6.52. The SMILES string of the molecule is Cn1ccc(CC(NN)C2C3C4CCC(C4)C32)n1. The Balaban J connectivity index is 1.47.